The van der Waals surface area contributed by atoms with Crippen molar-refractivity contribution < 1.29 is 22.8 Å². The molecule has 0 N–H and O–H groups in total. The molecule has 0 radical (unpaired) electrons. The van der Waals surface area contributed by atoms with Gasteiger partial charge in [0.2, 0.25) is 0 Å². The number of ketones is 1. The first-order valence-corrected chi connectivity index (χ1v) is 25.5. The van der Waals surface area contributed by atoms with E-state index in [1.54, 1.807) is 7.11 Å². The minimum absolute atomic E-state index is 0.0356. The van der Waals surface area contributed by atoms with Crippen LogP contribution in [0.2, 0.25) is 54.4 Å². The Balaban J connectivity index is 1.93. The van der Waals surface area contributed by atoms with Crippen LogP contribution in [-0.2, 0) is 24.5 Å². The number of carbonyl (C=O) groups is 1. The Labute approximate surface area is 273 Å². The smallest absolute Gasteiger partial charge is 0.193 e. The van der Waals surface area contributed by atoms with E-state index >= 15 is 0 Å². The average Bonchev–Trinajstić information content (AvgIpc) is 3.17. The molecular formula is C36H64O5Si3. The lowest BCUT2D eigenvalue weighted by atomic mass is 9.74. The summed E-state index contributed by atoms with van der Waals surface area (Å²) in [7, 11) is -4.40. The van der Waals surface area contributed by atoms with E-state index in [-0.39, 0.29) is 44.9 Å². The van der Waals surface area contributed by atoms with Crippen LogP contribution in [0.4, 0.5) is 0 Å². The van der Waals surface area contributed by atoms with Crippen molar-refractivity contribution >= 4 is 30.7 Å². The van der Waals surface area contributed by atoms with E-state index in [1.807, 2.05) is 12.1 Å². The molecule has 8 heteroatoms. The zero-order chi connectivity index (χ0) is 33.7. The van der Waals surface area contributed by atoms with Gasteiger partial charge in [0.25, 0.3) is 0 Å². The van der Waals surface area contributed by atoms with Crippen molar-refractivity contribution in [3.8, 4) is 5.75 Å². The van der Waals surface area contributed by atoms with Gasteiger partial charge >= 0.3 is 0 Å². The van der Waals surface area contributed by atoms with Crippen molar-refractivity contribution in [1.82, 2.24) is 0 Å². The maximum Gasteiger partial charge on any atom is 0.193 e. The van der Waals surface area contributed by atoms with Crippen LogP contribution in [-0.4, -0.2) is 50.6 Å². The van der Waals surface area contributed by atoms with Gasteiger partial charge in [-0.3, -0.25) is 4.79 Å². The van der Waals surface area contributed by atoms with E-state index in [1.165, 1.54) is 5.56 Å². The van der Waals surface area contributed by atoms with Gasteiger partial charge in [-0.25, -0.2) is 0 Å². The van der Waals surface area contributed by atoms with Crippen molar-refractivity contribution in [3.63, 3.8) is 0 Å². The fourth-order valence-electron chi connectivity index (χ4n) is 5.58. The van der Waals surface area contributed by atoms with Gasteiger partial charge in [-0.05, 0) is 103 Å². The second-order valence-corrected chi connectivity index (χ2v) is 32.2. The molecule has 4 atom stereocenters. The van der Waals surface area contributed by atoms with Crippen LogP contribution >= 0.6 is 0 Å². The van der Waals surface area contributed by atoms with Gasteiger partial charge in [0, 0.05) is 11.5 Å². The summed E-state index contributed by atoms with van der Waals surface area (Å²) in [6.45, 7) is 35.0. The van der Waals surface area contributed by atoms with Crippen molar-refractivity contribution in [3.05, 3.63) is 41.0 Å². The molecule has 0 spiro atoms. The minimum Gasteiger partial charge on any atom is -0.496 e. The molecule has 44 heavy (non-hydrogen) atoms. The van der Waals surface area contributed by atoms with Gasteiger partial charge in [-0.1, -0.05) is 74.4 Å². The van der Waals surface area contributed by atoms with Crippen LogP contribution < -0.4 is 4.74 Å². The zero-order valence-electron chi connectivity index (χ0n) is 31.0. The Hall–Kier alpha value is -1.04. The monoisotopic (exact) mass is 660 g/mol. The molecule has 1 aromatic carbocycles. The molecule has 0 saturated carbocycles. The van der Waals surface area contributed by atoms with Gasteiger partial charge in [0.15, 0.2) is 30.7 Å². The Morgan fingerprint density at radius 1 is 0.841 bits per heavy atom. The Morgan fingerprint density at radius 2 is 1.41 bits per heavy atom. The number of allylic oxidation sites excluding steroid dienone is 1. The van der Waals surface area contributed by atoms with Crippen LogP contribution in [0.1, 0.15) is 92.4 Å². The SMILES string of the molecule is COc1cccc2c1C[C@@H]1C(=CC(=O)C1CC[C@H](CO[Si](C)(C)C(C)(C)C)O[Si](C)(C)C(C)(C)C)[C@H]2O[Si](C)(C)C(C)(C)C. The number of carbonyl (C=O) groups excluding carboxylic acids is 1. The van der Waals surface area contributed by atoms with Gasteiger partial charge in [0.05, 0.1) is 25.9 Å². The molecule has 2 aliphatic rings. The van der Waals surface area contributed by atoms with E-state index in [9.17, 15) is 4.79 Å². The highest BCUT2D eigenvalue weighted by atomic mass is 28.4. The normalized spacial score (nSPS) is 22.4. The molecule has 2 aliphatic carbocycles. The number of ether oxygens (including phenoxy) is 1. The number of rotatable bonds is 11. The molecular weight excluding hydrogens is 597 g/mol. The quantitative estimate of drug-likeness (QED) is 0.221. The van der Waals surface area contributed by atoms with Crippen LogP contribution in [0, 0.1) is 11.8 Å². The van der Waals surface area contributed by atoms with Gasteiger partial charge in [-0.15, -0.1) is 0 Å². The van der Waals surface area contributed by atoms with E-state index in [2.05, 4.69) is 114 Å². The summed E-state index contributed by atoms with van der Waals surface area (Å²) in [5.41, 5.74) is 3.51. The Morgan fingerprint density at radius 3 is 1.93 bits per heavy atom. The highest BCUT2D eigenvalue weighted by Crippen LogP contribution is 2.53. The van der Waals surface area contributed by atoms with E-state index in [0.717, 1.165) is 36.1 Å². The molecule has 1 unspecified atom stereocenters. The summed E-state index contributed by atoms with van der Waals surface area (Å²) in [6.07, 6.45) is 4.07. The van der Waals surface area contributed by atoms with Crippen molar-refractivity contribution in [1.29, 1.82) is 0 Å². The van der Waals surface area contributed by atoms with Gasteiger partial charge in [-0.2, -0.15) is 0 Å². The third-order valence-electron chi connectivity index (χ3n) is 11.7. The summed E-state index contributed by atoms with van der Waals surface area (Å²) in [6, 6.07) is 6.27. The lowest BCUT2D eigenvalue weighted by Crippen LogP contribution is -2.48. The fourth-order valence-corrected chi connectivity index (χ4v) is 9.19. The first kappa shape index (κ1) is 37.4. The van der Waals surface area contributed by atoms with Crippen molar-refractivity contribution in [2.24, 2.45) is 11.8 Å². The Bertz CT molecular complexity index is 1210. The molecule has 0 saturated heterocycles. The highest BCUT2D eigenvalue weighted by molar-refractivity contribution is 6.75. The second kappa shape index (κ2) is 12.9. The number of benzene rings is 1. The van der Waals surface area contributed by atoms with Gasteiger partial charge in [0.1, 0.15) is 5.75 Å². The van der Waals surface area contributed by atoms with Crippen LogP contribution in [0.25, 0.3) is 0 Å². The minimum atomic E-state index is -2.14. The van der Waals surface area contributed by atoms with E-state index in [0.29, 0.717) is 6.61 Å². The molecule has 1 aromatic rings. The summed E-state index contributed by atoms with van der Waals surface area (Å²) in [5, 5.41) is 0.278. The van der Waals surface area contributed by atoms with Crippen molar-refractivity contribution in [2.75, 3.05) is 13.7 Å². The van der Waals surface area contributed by atoms with E-state index in [4.69, 9.17) is 18.0 Å². The molecule has 5 nitrogen and oxygen atoms in total. The number of hydrogen-bond acceptors (Lipinski definition) is 5. The number of fused-ring (bicyclic) bond motifs is 2. The summed E-state index contributed by atoms with van der Waals surface area (Å²) < 4.78 is 26.8. The third kappa shape index (κ3) is 7.91. The second-order valence-electron chi connectivity index (χ2n) is 17.9. The molecule has 250 valence electrons. The van der Waals surface area contributed by atoms with Gasteiger partial charge < -0.3 is 18.0 Å². The van der Waals surface area contributed by atoms with Crippen molar-refractivity contribution in [2.45, 2.75) is 148 Å². The first-order valence-electron chi connectivity index (χ1n) is 16.7. The van der Waals surface area contributed by atoms with Crippen LogP contribution in [0.5, 0.6) is 5.75 Å². The lowest BCUT2D eigenvalue weighted by molar-refractivity contribution is -0.118. The Kier molecular flexibility index (Phi) is 10.9. The van der Waals surface area contributed by atoms with Crippen LogP contribution in [0.3, 0.4) is 0 Å². The standard InChI is InChI=1S/C36H64O5Si3/c1-34(2,3)42(11,12)39-24-25(40-43(13,14)35(4,5)6)20-21-26-28-22-29-27(18-17-19-32(29)38-10)33(30(28)23-31(26)37)41-44(15,16)36(7,8)9/h17-19,23,25-26,28,33H,20-22,24H2,1-16H3/t25-,26?,28+,33+/m1/s1. The molecule has 0 fully saturated rings. The molecule has 0 heterocycles. The fraction of sp³-hybridized carbons (Fsp3) is 0.750. The highest BCUT2D eigenvalue weighted by Gasteiger charge is 2.49. The third-order valence-corrected chi connectivity index (χ3v) is 25.2. The van der Waals surface area contributed by atoms with E-state index < -0.39 is 25.0 Å². The maximum absolute atomic E-state index is 13.9. The summed E-state index contributed by atoms with van der Waals surface area (Å²) >= 11 is 0. The van der Waals surface area contributed by atoms with Crippen LogP contribution in [0.15, 0.2) is 29.8 Å². The largest absolute Gasteiger partial charge is 0.496 e. The predicted molar refractivity (Wildman–Crippen MR) is 192 cm³/mol. The first-order chi connectivity index (χ1) is 19.8. The molecule has 0 amide bonds. The molecule has 3 rings (SSSR count). The lowest BCUT2D eigenvalue weighted by Gasteiger charge is -2.43. The predicted octanol–water partition coefficient (Wildman–Crippen LogP) is 10.2. The summed E-state index contributed by atoms with van der Waals surface area (Å²) in [5.74, 6) is 1.14. The average molecular weight is 661 g/mol. The summed E-state index contributed by atoms with van der Waals surface area (Å²) in [4.78, 5) is 13.9. The number of methoxy groups -OCH3 is 1. The molecule has 0 aromatic heterocycles. The number of hydrogen-bond donors (Lipinski definition) is 0. The zero-order valence-corrected chi connectivity index (χ0v) is 34.0. The maximum atomic E-state index is 13.9. The topological polar surface area (TPSA) is 54.0 Å². The molecule has 0 aliphatic heterocycles. The molecule has 0 bridgehead atoms.